The summed E-state index contributed by atoms with van der Waals surface area (Å²) in [5, 5.41) is 0. The second kappa shape index (κ2) is 6.31. The molecular weight excluding hydrogens is 214 g/mol. The lowest BCUT2D eigenvalue weighted by Gasteiger charge is -2.08. The van der Waals surface area contributed by atoms with Gasteiger partial charge in [-0.1, -0.05) is 25.0 Å². The molecule has 2 N–H and O–H groups in total. The average molecular weight is 235 g/mol. The van der Waals surface area contributed by atoms with Crippen molar-refractivity contribution in [3.05, 3.63) is 29.8 Å². The van der Waals surface area contributed by atoms with E-state index in [0.29, 0.717) is 0 Å². The Morgan fingerprint density at radius 1 is 1.12 bits per heavy atom. The van der Waals surface area contributed by atoms with Gasteiger partial charge >= 0.3 is 0 Å². The van der Waals surface area contributed by atoms with Crippen LogP contribution in [0, 0.1) is 5.92 Å². The monoisotopic (exact) mass is 235 g/mol. The predicted octanol–water partition coefficient (Wildman–Crippen LogP) is 3.47. The molecule has 0 unspecified atom stereocenters. The molecule has 88 valence electrons. The summed E-state index contributed by atoms with van der Waals surface area (Å²) in [5.74, 6) is 2.27. The fourth-order valence-electron chi connectivity index (χ4n) is 2.31. The maximum atomic E-state index is 5.53. The quantitative estimate of drug-likeness (QED) is 0.791. The first-order valence-corrected chi connectivity index (χ1v) is 7.29. The van der Waals surface area contributed by atoms with Crippen LogP contribution in [0.2, 0.25) is 0 Å². The summed E-state index contributed by atoms with van der Waals surface area (Å²) in [6.45, 7) is 0.745. The third-order valence-corrected chi connectivity index (χ3v) is 4.56. The van der Waals surface area contributed by atoms with Crippen molar-refractivity contribution >= 4 is 11.8 Å². The van der Waals surface area contributed by atoms with E-state index in [4.69, 9.17) is 5.73 Å². The molecule has 1 aliphatic carbocycles. The van der Waals surface area contributed by atoms with Crippen molar-refractivity contribution in [1.82, 2.24) is 0 Å². The van der Waals surface area contributed by atoms with Crippen LogP contribution in [-0.4, -0.2) is 12.3 Å². The van der Waals surface area contributed by atoms with Gasteiger partial charge in [0, 0.05) is 10.6 Å². The summed E-state index contributed by atoms with van der Waals surface area (Å²) in [4.78, 5) is 1.41. The summed E-state index contributed by atoms with van der Waals surface area (Å²) in [6.07, 6.45) is 6.77. The molecule has 0 aliphatic heterocycles. The molecule has 1 saturated carbocycles. The molecule has 0 amide bonds. The van der Waals surface area contributed by atoms with E-state index in [-0.39, 0.29) is 0 Å². The first-order chi connectivity index (χ1) is 7.88. The Balaban J connectivity index is 1.80. The molecule has 0 heterocycles. The van der Waals surface area contributed by atoms with E-state index in [2.05, 4.69) is 24.3 Å². The minimum Gasteiger partial charge on any atom is -0.330 e. The van der Waals surface area contributed by atoms with E-state index in [9.17, 15) is 0 Å². The van der Waals surface area contributed by atoms with Gasteiger partial charge in [0.05, 0.1) is 0 Å². The number of hydrogen-bond donors (Lipinski definition) is 1. The van der Waals surface area contributed by atoms with Gasteiger partial charge in [0.25, 0.3) is 0 Å². The Labute approximate surface area is 103 Å². The molecule has 2 heteroatoms. The molecule has 0 bridgehead atoms. The highest BCUT2D eigenvalue weighted by Gasteiger charge is 2.14. The molecule has 2 rings (SSSR count). The largest absolute Gasteiger partial charge is 0.330 e. The normalized spacial score (nSPS) is 16.8. The fraction of sp³-hybridized carbons (Fsp3) is 0.571. The number of hydrogen-bond acceptors (Lipinski definition) is 2. The number of nitrogens with two attached hydrogens (primary N) is 1. The van der Waals surface area contributed by atoms with Gasteiger partial charge in [-0.25, -0.2) is 0 Å². The average Bonchev–Trinajstić information content (AvgIpc) is 2.82. The lowest BCUT2D eigenvalue weighted by Crippen LogP contribution is -2.02. The van der Waals surface area contributed by atoms with Gasteiger partial charge < -0.3 is 5.73 Å². The molecular formula is C14H21NS. The van der Waals surface area contributed by atoms with Crippen LogP contribution in [0.3, 0.4) is 0 Å². The summed E-state index contributed by atoms with van der Waals surface area (Å²) in [7, 11) is 0. The highest BCUT2D eigenvalue weighted by molar-refractivity contribution is 7.99. The Hall–Kier alpha value is -0.470. The van der Waals surface area contributed by atoms with E-state index < -0.39 is 0 Å². The van der Waals surface area contributed by atoms with Crippen molar-refractivity contribution in [2.45, 2.75) is 37.0 Å². The zero-order chi connectivity index (χ0) is 11.2. The van der Waals surface area contributed by atoms with Crippen molar-refractivity contribution in [2.75, 3.05) is 12.3 Å². The minimum absolute atomic E-state index is 0.745. The highest BCUT2D eigenvalue weighted by Crippen LogP contribution is 2.30. The number of rotatable bonds is 5. The standard InChI is InChI=1S/C14H21NS/c15-10-9-12-5-7-14(8-6-12)16-11-13-3-1-2-4-13/h5-8,13H,1-4,9-11,15H2. The van der Waals surface area contributed by atoms with Crippen molar-refractivity contribution < 1.29 is 0 Å². The Morgan fingerprint density at radius 2 is 1.81 bits per heavy atom. The van der Waals surface area contributed by atoms with Crippen LogP contribution < -0.4 is 5.73 Å². The molecule has 0 spiro atoms. The second-order valence-electron chi connectivity index (χ2n) is 4.64. The van der Waals surface area contributed by atoms with Crippen LogP contribution in [0.1, 0.15) is 31.2 Å². The Morgan fingerprint density at radius 3 is 2.44 bits per heavy atom. The van der Waals surface area contributed by atoms with Gasteiger partial charge in [0.1, 0.15) is 0 Å². The smallest absolute Gasteiger partial charge is 0.00722 e. The first-order valence-electron chi connectivity index (χ1n) is 6.30. The first kappa shape index (κ1) is 12.0. The fourth-order valence-corrected chi connectivity index (χ4v) is 3.40. The maximum Gasteiger partial charge on any atom is 0.00722 e. The van der Waals surface area contributed by atoms with Crippen LogP contribution in [0.5, 0.6) is 0 Å². The van der Waals surface area contributed by atoms with Crippen LogP contribution in [0.4, 0.5) is 0 Å². The van der Waals surface area contributed by atoms with Gasteiger partial charge in [-0.05, 0) is 49.4 Å². The van der Waals surface area contributed by atoms with Crippen molar-refractivity contribution in [3.8, 4) is 0 Å². The second-order valence-corrected chi connectivity index (χ2v) is 5.74. The summed E-state index contributed by atoms with van der Waals surface area (Å²) < 4.78 is 0. The molecule has 0 atom stereocenters. The van der Waals surface area contributed by atoms with Crippen LogP contribution >= 0.6 is 11.8 Å². The lowest BCUT2D eigenvalue weighted by atomic mass is 10.1. The summed E-state index contributed by atoms with van der Waals surface area (Å²) in [6, 6.07) is 8.91. The number of thioether (sulfide) groups is 1. The third-order valence-electron chi connectivity index (χ3n) is 3.32. The summed E-state index contributed by atoms with van der Waals surface area (Å²) in [5.41, 5.74) is 6.89. The Bertz CT molecular complexity index is 301. The minimum atomic E-state index is 0.745. The van der Waals surface area contributed by atoms with E-state index in [0.717, 1.165) is 18.9 Å². The molecule has 16 heavy (non-hydrogen) atoms. The van der Waals surface area contributed by atoms with Crippen molar-refractivity contribution in [1.29, 1.82) is 0 Å². The van der Waals surface area contributed by atoms with E-state index in [1.807, 2.05) is 11.8 Å². The molecule has 1 fully saturated rings. The Kier molecular flexibility index (Phi) is 4.73. The van der Waals surface area contributed by atoms with Gasteiger partial charge in [-0.15, -0.1) is 11.8 Å². The molecule has 0 radical (unpaired) electrons. The number of benzene rings is 1. The predicted molar refractivity (Wildman–Crippen MR) is 71.9 cm³/mol. The van der Waals surface area contributed by atoms with Gasteiger partial charge in [0.15, 0.2) is 0 Å². The molecule has 0 saturated heterocycles. The van der Waals surface area contributed by atoms with E-state index in [1.165, 1.54) is 41.9 Å². The molecule has 1 aliphatic rings. The highest BCUT2D eigenvalue weighted by atomic mass is 32.2. The van der Waals surface area contributed by atoms with Crippen molar-refractivity contribution in [3.63, 3.8) is 0 Å². The lowest BCUT2D eigenvalue weighted by molar-refractivity contribution is 0.623. The van der Waals surface area contributed by atoms with E-state index >= 15 is 0 Å². The van der Waals surface area contributed by atoms with Crippen molar-refractivity contribution in [2.24, 2.45) is 11.7 Å². The van der Waals surface area contributed by atoms with Gasteiger partial charge in [-0.2, -0.15) is 0 Å². The summed E-state index contributed by atoms with van der Waals surface area (Å²) >= 11 is 2.01. The molecule has 0 aromatic heterocycles. The SMILES string of the molecule is NCCc1ccc(SCC2CCCC2)cc1. The van der Waals surface area contributed by atoms with Crippen LogP contribution in [-0.2, 0) is 6.42 Å². The molecule has 1 aromatic carbocycles. The zero-order valence-electron chi connectivity index (χ0n) is 9.82. The topological polar surface area (TPSA) is 26.0 Å². The van der Waals surface area contributed by atoms with Crippen LogP contribution in [0.15, 0.2) is 29.2 Å². The van der Waals surface area contributed by atoms with E-state index in [1.54, 1.807) is 0 Å². The third kappa shape index (κ3) is 3.53. The maximum absolute atomic E-state index is 5.53. The molecule has 1 aromatic rings. The zero-order valence-corrected chi connectivity index (χ0v) is 10.6. The van der Waals surface area contributed by atoms with Gasteiger partial charge in [-0.3, -0.25) is 0 Å². The van der Waals surface area contributed by atoms with Crippen LogP contribution in [0.25, 0.3) is 0 Å². The van der Waals surface area contributed by atoms with Gasteiger partial charge in [0.2, 0.25) is 0 Å². The molecule has 1 nitrogen and oxygen atoms in total.